The Morgan fingerprint density at radius 1 is 0.812 bits per heavy atom. The van der Waals surface area contributed by atoms with E-state index in [1.165, 1.54) is 44.9 Å². The molecule has 6 heteroatoms. The SMILES string of the molecule is CCC=CCC1CCC(CCC2CCC(c3cc(F)c(OC(F)(F)F)c(F)c3)CC2)CC1. The molecule has 2 fully saturated rings. The van der Waals surface area contributed by atoms with E-state index in [0.29, 0.717) is 11.5 Å². The van der Waals surface area contributed by atoms with Crippen molar-refractivity contribution in [3.05, 3.63) is 41.5 Å². The molecule has 1 nitrogen and oxygen atoms in total. The summed E-state index contributed by atoms with van der Waals surface area (Å²) < 4.78 is 68.6. The third-order valence-corrected chi connectivity index (χ3v) is 7.38. The van der Waals surface area contributed by atoms with Gasteiger partial charge in [0.1, 0.15) is 0 Å². The van der Waals surface area contributed by atoms with Gasteiger partial charge in [-0.2, -0.15) is 0 Å². The topological polar surface area (TPSA) is 9.23 Å². The van der Waals surface area contributed by atoms with Gasteiger partial charge in [-0.3, -0.25) is 0 Å². The predicted molar refractivity (Wildman–Crippen MR) is 116 cm³/mol. The van der Waals surface area contributed by atoms with Crippen LogP contribution in [0.4, 0.5) is 22.0 Å². The molecule has 1 aromatic rings. The van der Waals surface area contributed by atoms with Crippen LogP contribution in [-0.2, 0) is 0 Å². The molecule has 2 aliphatic carbocycles. The van der Waals surface area contributed by atoms with E-state index in [2.05, 4.69) is 23.8 Å². The zero-order valence-corrected chi connectivity index (χ0v) is 18.9. The monoisotopic (exact) mass is 458 g/mol. The van der Waals surface area contributed by atoms with Gasteiger partial charge < -0.3 is 4.74 Å². The van der Waals surface area contributed by atoms with Crippen LogP contribution >= 0.6 is 0 Å². The highest BCUT2D eigenvalue weighted by Gasteiger charge is 2.35. The maximum Gasteiger partial charge on any atom is 0.573 e. The molecular weight excluding hydrogens is 423 g/mol. The first kappa shape index (κ1) is 25.0. The van der Waals surface area contributed by atoms with E-state index in [4.69, 9.17) is 0 Å². The van der Waals surface area contributed by atoms with Gasteiger partial charge in [-0.15, -0.1) is 13.2 Å². The lowest BCUT2D eigenvalue weighted by atomic mass is 9.74. The lowest BCUT2D eigenvalue weighted by Crippen LogP contribution is -2.20. The van der Waals surface area contributed by atoms with E-state index in [0.717, 1.165) is 56.1 Å². The normalized spacial score (nSPS) is 27.1. The summed E-state index contributed by atoms with van der Waals surface area (Å²) in [6, 6.07) is 2.01. The molecule has 0 saturated heterocycles. The fourth-order valence-corrected chi connectivity index (χ4v) is 5.50. The number of hydrogen-bond acceptors (Lipinski definition) is 1. The number of allylic oxidation sites excluding steroid dienone is 2. The molecule has 2 aliphatic rings. The van der Waals surface area contributed by atoms with E-state index in [1.807, 2.05) is 0 Å². The Hall–Kier alpha value is -1.59. The molecule has 0 spiro atoms. The summed E-state index contributed by atoms with van der Waals surface area (Å²) in [6.45, 7) is 2.17. The fourth-order valence-electron chi connectivity index (χ4n) is 5.50. The van der Waals surface area contributed by atoms with Crippen molar-refractivity contribution in [2.75, 3.05) is 0 Å². The third-order valence-electron chi connectivity index (χ3n) is 7.38. The molecule has 1 aromatic carbocycles. The molecule has 32 heavy (non-hydrogen) atoms. The number of rotatable bonds is 8. The van der Waals surface area contributed by atoms with Crippen LogP contribution in [0.15, 0.2) is 24.3 Å². The van der Waals surface area contributed by atoms with E-state index < -0.39 is 23.7 Å². The first-order valence-corrected chi connectivity index (χ1v) is 12.1. The lowest BCUT2D eigenvalue weighted by molar-refractivity contribution is -0.276. The summed E-state index contributed by atoms with van der Waals surface area (Å²) in [5.74, 6) is -1.66. The third kappa shape index (κ3) is 7.48. The van der Waals surface area contributed by atoms with Crippen molar-refractivity contribution in [2.45, 2.75) is 96.3 Å². The Balaban J connectivity index is 1.41. The zero-order valence-electron chi connectivity index (χ0n) is 18.9. The minimum Gasteiger partial charge on any atom is -0.399 e. The van der Waals surface area contributed by atoms with Gasteiger partial charge in [0.15, 0.2) is 11.6 Å². The second kappa shape index (κ2) is 11.5. The Labute approximate surface area is 188 Å². The molecule has 0 heterocycles. The Kier molecular flexibility index (Phi) is 9.01. The van der Waals surface area contributed by atoms with Crippen LogP contribution < -0.4 is 4.74 Å². The van der Waals surface area contributed by atoms with Crippen LogP contribution in [0, 0.1) is 29.4 Å². The molecule has 2 saturated carbocycles. The molecule has 0 N–H and O–H groups in total. The standard InChI is InChI=1S/C26H35F5O/c1-2-3-4-5-18-6-8-19(9-7-18)10-11-20-12-14-21(15-13-20)22-16-23(27)25(24(28)17-22)32-26(29,30)31/h3-4,16-21H,2,5-15H2,1H3. The van der Waals surface area contributed by atoms with E-state index in [1.54, 1.807) is 0 Å². The van der Waals surface area contributed by atoms with Crippen LogP contribution in [0.3, 0.4) is 0 Å². The maximum absolute atomic E-state index is 14.0. The first-order valence-electron chi connectivity index (χ1n) is 12.1. The summed E-state index contributed by atoms with van der Waals surface area (Å²) >= 11 is 0. The van der Waals surface area contributed by atoms with Crippen molar-refractivity contribution in [1.29, 1.82) is 0 Å². The van der Waals surface area contributed by atoms with Crippen molar-refractivity contribution in [3.8, 4) is 5.75 Å². The van der Waals surface area contributed by atoms with Gasteiger partial charge >= 0.3 is 6.36 Å². The molecule has 0 atom stereocenters. The summed E-state index contributed by atoms with van der Waals surface area (Å²) in [4.78, 5) is 0. The Bertz CT molecular complexity index is 718. The molecule has 0 unspecified atom stereocenters. The molecule has 0 aromatic heterocycles. The summed E-state index contributed by atoms with van der Waals surface area (Å²) in [7, 11) is 0. The number of benzene rings is 1. The molecule has 0 radical (unpaired) electrons. The summed E-state index contributed by atoms with van der Waals surface area (Å²) in [6.07, 6.45) is 13.2. The molecular formula is C26H35F5O. The van der Waals surface area contributed by atoms with Crippen LogP contribution in [0.2, 0.25) is 0 Å². The predicted octanol–water partition coefficient (Wildman–Crippen LogP) is 9.08. The van der Waals surface area contributed by atoms with E-state index >= 15 is 0 Å². The van der Waals surface area contributed by atoms with Crippen molar-refractivity contribution >= 4 is 0 Å². The number of alkyl halides is 3. The highest BCUT2D eigenvalue weighted by molar-refractivity contribution is 5.33. The molecule has 0 bridgehead atoms. The van der Waals surface area contributed by atoms with Crippen molar-refractivity contribution in [1.82, 2.24) is 0 Å². The lowest BCUT2D eigenvalue weighted by Gasteiger charge is -2.32. The van der Waals surface area contributed by atoms with Gasteiger partial charge in [0.05, 0.1) is 0 Å². The van der Waals surface area contributed by atoms with Gasteiger partial charge in [-0.25, -0.2) is 8.78 Å². The van der Waals surface area contributed by atoms with Crippen molar-refractivity contribution in [2.24, 2.45) is 17.8 Å². The van der Waals surface area contributed by atoms with Crippen molar-refractivity contribution < 1.29 is 26.7 Å². The molecule has 180 valence electrons. The number of halogens is 5. The number of ether oxygens (including phenoxy) is 1. The largest absolute Gasteiger partial charge is 0.573 e. The average Bonchev–Trinajstić information content (AvgIpc) is 2.75. The van der Waals surface area contributed by atoms with Gasteiger partial charge in [-0.05, 0) is 92.7 Å². The smallest absolute Gasteiger partial charge is 0.399 e. The fraction of sp³-hybridized carbons (Fsp3) is 0.692. The highest BCUT2D eigenvalue weighted by atomic mass is 19.4. The van der Waals surface area contributed by atoms with Gasteiger partial charge in [0.2, 0.25) is 5.75 Å². The molecule has 0 amide bonds. The zero-order chi connectivity index (χ0) is 23.1. The van der Waals surface area contributed by atoms with E-state index in [-0.39, 0.29) is 5.92 Å². The minimum absolute atomic E-state index is 0.0122. The summed E-state index contributed by atoms with van der Waals surface area (Å²) in [5, 5.41) is 0. The second-order valence-electron chi connectivity index (χ2n) is 9.66. The van der Waals surface area contributed by atoms with Gasteiger partial charge in [-0.1, -0.05) is 44.8 Å². The minimum atomic E-state index is -5.12. The molecule has 3 rings (SSSR count). The van der Waals surface area contributed by atoms with Crippen LogP contribution in [0.5, 0.6) is 5.75 Å². The first-order chi connectivity index (χ1) is 15.2. The quantitative estimate of drug-likeness (QED) is 0.279. The van der Waals surface area contributed by atoms with Crippen molar-refractivity contribution in [3.63, 3.8) is 0 Å². The maximum atomic E-state index is 14.0. The van der Waals surface area contributed by atoms with E-state index in [9.17, 15) is 22.0 Å². The average molecular weight is 459 g/mol. The van der Waals surface area contributed by atoms with Crippen LogP contribution in [-0.4, -0.2) is 6.36 Å². The second-order valence-corrected chi connectivity index (χ2v) is 9.66. The number of hydrogen-bond donors (Lipinski definition) is 0. The Morgan fingerprint density at radius 3 is 1.81 bits per heavy atom. The highest BCUT2D eigenvalue weighted by Crippen LogP contribution is 2.41. The van der Waals surface area contributed by atoms with Gasteiger partial charge in [0, 0.05) is 0 Å². The van der Waals surface area contributed by atoms with Crippen LogP contribution in [0.1, 0.15) is 95.5 Å². The van der Waals surface area contributed by atoms with Crippen LogP contribution in [0.25, 0.3) is 0 Å². The molecule has 0 aliphatic heterocycles. The van der Waals surface area contributed by atoms with Gasteiger partial charge in [0.25, 0.3) is 0 Å². The summed E-state index contributed by atoms with van der Waals surface area (Å²) in [5.41, 5.74) is 0.434. The Morgan fingerprint density at radius 2 is 1.31 bits per heavy atom.